The van der Waals surface area contributed by atoms with E-state index < -0.39 is 0 Å². The van der Waals surface area contributed by atoms with Gasteiger partial charge in [-0.1, -0.05) is 6.92 Å². The molecular weight excluding hydrogens is 173 g/mol. The first-order valence-electron chi connectivity index (χ1n) is 3.95. The maximum Gasteiger partial charge on any atom is 0.123 e. The summed E-state index contributed by atoms with van der Waals surface area (Å²) in [6, 6.07) is 3.80. The second-order valence-electron chi connectivity index (χ2n) is 2.94. The van der Waals surface area contributed by atoms with E-state index in [-0.39, 0.29) is 24.1 Å². The van der Waals surface area contributed by atoms with Crippen LogP contribution in [0.3, 0.4) is 0 Å². The summed E-state index contributed by atoms with van der Waals surface area (Å²) < 4.78 is 12.8. The summed E-state index contributed by atoms with van der Waals surface area (Å²) >= 11 is 0. The third-order valence-electron chi connectivity index (χ3n) is 1.87. The summed E-state index contributed by atoms with van der Waals surface area (Å²) in [5.74, 6) is 4.44. The van der Waals surface area contributed by atoms with E-state index in [1.165, 1.54) is 18.2 Å². The van der Waals surface area contributed by atoms with Crippen LogP contribution < -0.4 is 5.90 Å². The van der Waals surface area contributed by atoms with E-state index in [2.05, 4.69) is 4.84 Å². The molecule has 1 aromatic carbocycles. The molecule has 1 atom stereocenters. The first-order valence-corrected chi connectivity index (χ1v) is 3.95. The van der Waals surface area contributed by atoms with Crippen molar-refractivity contribution in [2.24, 2.45) is 5.90 Å². The topological polar surface area (TPSA) is 55.5 Å². The lowest BCUT2D eigenvalue weighted by molar-refractivity contribution is 0.126. The van der Waals surface area contributed by atoms with E-state index in [4.69, 9.17) is 5.90 Å². The zero-order valence-electron chi connectivity index (χ0n) is 7.33. The second kappa shape index (κ2) is 4.20. The first kappa shape index (κ1) is 9.95. The molecule has 0 radical (unpaired) electrons. The van der Waals surface area contributed by atoms with Gasteiger partial charge in [0.05, 0.1) is 6.61 Å². The van der Waals surface area contributed by atoms with Crippen molar-refractivity contribution < 1.29 is 14.3 Å². The molecule has 3 nitrogen and oxygen atoms in total. The molecule has 3 N–H and O–H groups in total. The fourth-order valence-electron chi connectivity index (χ4n) is 1.15. The molecule has 0 saturated heterocycles. The molecule has 0 saturated carbocycles. The smallest absolute Gasteiger partial charge is 0.123 e. The molecule has 0 heterocycles. The number of benzene rings is 1. The third kappa shape index (κ3) is 2.40. The number of hydrogen-bond acceptors (Lipinski definition) is 3. The molecule has 0 aromatic heterocycles. The molecule has 13 heavy (non-hydrogen) atoms. The highest BCUT2D eigenvalue weighted by atomic mass is 19.1. The predicted octanol–water partition coefficient (Wildman–Crippen LogP) is 1.53. The highest BCUT2D eigenvalue weighted by Gasteiger charge is 2.11. The van der Waals surface area contributed by atoms with E-state index >= 15 is 0 Å². The molecule has 0 aliphatic heterocycles. The number of phenols is 1. The zero-order chi connectivity index (χ0) is 9.84. The number of nitrogens with two attached hydrogens (primary N) is 1. The summed E-state index contributed by atoms with van der Waals surface area (Å²) in [6.45, 7) is 2.04. The normalized spacial score (nSPS) is 12.8. The molecule has 0 aliphatic carbocycles. The fourth-order valence-corrected chi connectivity index (χ4v) is 1.15. The van der Waals surface area contributed by atoms with Crippen LogP contribution in [0.15, 0.2) is 18.2 Å². The van der Waals surface area contributed by atoms with E-state index in [1.807, 2.05) is 0 Å². The highest BCUT2D eigenvalue weighted by Crippen LogP contribution is 2.25. The van der Waals surface area contributed by atoms with Crippen molar-refractivity contribution in [3.05, 3.63) is 29.6 Å². The number of halogens is 1. The Morgan fingerprint density at radius 2 is 2.31 bits per heavy atom. The van der Waals surface area contributed by atoms with Crippen LogP contribution in [0.5, 0.6) is 5.75 Å². The Morgan fingerprint density at radius 1 is 1.62 bits per heavy atom. The Hall–Kier alpha value is -1.13. The van der Waals surface area contributed by atoms with Gasteiger partial charge in [0.2, 0.25) is 0 Å². The molecule has 0 bridgehead atoms. The van der Waals surface area contributed by atoms with Crippen molar-refractivity contribution in [2.45, 2.75) is 12.8 Å². The average Bonchev–Trinajstić information content (AvgIpc) is 2.09. The van der Waals surface area contributed by atoms with Crippen molar-refractivity contribution in [2.75, 3.05) is 6.61 Å². The summed E-state index contributed by atoms with van der Waals surface area (Å²) in [4.78, 5) is 4.42. The zero-order valence-corrected chi connectivity index (χ0v) is 7.33. The molecular formula is C9H12FNO2. The van der Waals surface area contributed by atoms with Gasteiger partial charge in [-0.25, -0.2) is 10.3 Å². The van der Waals surface area contributed by atoms with Gasteiger partial charge >= 0.3 is 0 Å². The van der Waals surface area contributed by atoms with Crippen LogP contribution in [0.4, 0.5) is 4.39 Å². The van der Waals surface area contributed by atoms with Gasteiger partial charge in [0.15, 0.2) is 0 Å². The summed E-state index contributed by atoms with van der Waals surface area (Å²) in [5, 5.41) is 9.37. The monoisotopic (exact) mass is 185 g/mol. The molecule has 1 unspecified atom stereocenters. The minimum atomic E-state index is -0.378. The quantitative estimate of drug-likeness (QED) is 0.702. The maximum atomic E-state index is 12.8. The molecule has 0 spiro atoms. The van der Waals surface area contributed by atoms with Crippen LogP contribution in [0, 0.1) is 5.82 Å². The van der Waals surface area contributed by atoms with Crippen LogP contribution >= 0.6 is 0 Å². The Balaban J connectivity index is 2.91. The lowest BCUT2D eigenvalue weighted by Crippen LogP contribution is -2.08. The number of phenolic OH excluding ortho intramolecular Hbond substituents is 1. The van der Waals surface area contributed by atoms with E-state index in [9.17, 15) is 9.50 Å². The molecule has 0 amide bonds. The molecule has 0 fully saturated rings. The van der Waals surface area contributed by atoms with Gasteiger partial charge in [-0.05, 0) is 18.2 Å². The van der Waals surface area contributed by atoms with E-state index in [0.29, 0.717) is 5.56 Å². The predicted molar refractivity (Wildman–Crippen MR) is 46.6 cm³/mol. The van der Waals surface area contributed by atoms with Crippen LogP contribution in [0.25, 0.3) is 0 Å². The van der Waals surface area contributed by atoms with Crippen molar-refractivity contribution in [3.63, 3.8) is 0 Å². The third-order valence-corrected chi connectivity index (χ3v) is 1.87. The van der Waals surface area contributed by atoms with Crippen LogP contribution in [-0.4, -0.2) is 11.7 Å². The standard InChI is InChI=1S/C9H12FNO2/c1-6(5-13-11)8-4-7(10)2-3-9(8)12/h2-4,6,12H,5,11H2,1H3. The van der Waals surface area contributed by atoms with Gasteiger partial charge in [-0.2, -0.15) is 0 Å². The number of hydrogen-bond donors (Lipinski definition) is 2. The first-order chi connectivity index (χ1) is 6.15. The fraction of sp³-hybridized carbons (Fsp3) is 0.333. The average molecular weight is 185 g/mol. The Morgan fingerprint density at radius 3 is 2.92 bits per heavy atom. The van der Waals surface area contributed by atoms with E-state index in [1.54, 1.807) is 6.92 Å². The minimum Gasteiger partial charge on any atom is -0.508 e. The van der Waals surface area contributed by atoms with Gasteiger partial charge in [-0.15, -0.1) is 0 Å². The Labute approximate surface area is 75.9 Å². The molecule has 1 aromatic rings. The van der Waals surface area contributed by atoms with Crippen LogP contribution in [-0.2, 0) is 4.84 Å². The van der Waals surface area contributed by atoms with Crippen molar-refractivity contribution in [1.82, 2.24) is 0 Å². The lowest BCUT2D eigenvalue weighted by atomic mass is 10.0. The number of rotatable bonds is 3. The largest absolute Gasteiger partial charge is 0.508 e. The lowest BCUT2D eigenvalue weighted by Gasteiger charge is -2.11. The number of aromatic hydroxyl groups is 1. The molecule has 72 valence electrons. The van der Waals surface area contributed by atoms with Gasteiger partial charge in [-0.3, -0.25) is 0 Å². The van der Waals surface area contributed by atoms with Crippen LogP contribution in [0.1, 0.15) is 18.4 Å². The van der Waals surface area contributed by atoms with Crippen molar-refractivity contribution in [3.8, 4) is 5.75 Å². The summed E-state index contributed by atoms with van der Waals surface area (Å²) in [5.41, 5.74) is 0.505. The molecule has 1 rings (SSSR count). The van der Waals surface area contributed by atoms with Crippen LogP contribution in [0.2, 0.25) is 0 Å². The van der Waals surface area contributed by atoms with Gasteiger partial charge in [0, 0.05) is 11.5 Å². The summed E-state index contributed by atoms with van der Waals surface area (Å²) in [6.07, 6.45) is 0. The SMILES string of the molecule is CC(CON)c1cc(F)ccc1O. The molecule has 0 aliphatic rings. The Kier molecular flexibility index (Phi) is 3.22. The summed E-state index contributed by atoms with van der Waals surface area (Å²) in [7, 11) is 0. The Bertz CT molecular complexity index is 291. The van der Waals surface area contributed by atoms with Crippen molar-refractivity contribution >= 4 is 0 Å². The highest BCUT2D eigenvalue weighted by molar-refractivity contribution is 5.35. The second-order valence-corrected chi connectivity index (χ2v) is 2.94. The van der Waals surface area contributed by atoms with Gasteiger partial charge in [0.25, 0.3) is 0 Å². The van der Waals surface area contributed by atoms with Gasteiger partial charge in [0.1, 0.15) is 11.6 Å². The van der Waals surface area contributed by atoms with Crippen molar-refractivity contribution in [1.29, 1.82) is 0 Å². The van der Waals surface area contributed by atoms with E-state index in [0.717, 1.165) is 0 Å². The minimum absolute atomic E-state index is 0.0611. The molecule has 4 heteroatoms. The van der Waals surface area contributed by atoms with Gasteiger partial charge < -0.3 is 9.94 Å². The maximum absolute atomic E-state index is 12.8.